The molecule has 2 aliphatic heterocycles. The largest absolute Gasteiger partial charge is 0.339 e. The zero-order valence-electron chi connectivity index (χ0n) is 12.9. The summed E-state index contributed by atoms with van der Waals surface area (Å²) in [5.41, 5.74) is -0.266. The number of rotatable bonds is 3. The lowest BCUT2D eigenvalue weighted by Gasteiger charge is -2.35. The molecule has 4 nitrogen and oxygen atoms in total. The highest BCUT2D eigenvalue weighted by Gasteiger charge is 2.36. The van der Waals surface area contributed by atoms with Gasteiger partial charge in [0.05, 0.1) is 5.41 Å². The molecule has 0 bridgehead atoms. The molecule has 0 spiro atoms. The average Bonchev–Trinajstić information content (AvgIpc) is 2.75. The molecule has 0 radical (unpaired) electrons. The van der Waals surface area contributed by atoms with E-state index in [2.05, 4.69) is 42.8 Å². The minimum absolute atomic E-state index is 0.266. The van der Waals surface area contributed by atoms with Gasteiger partial charge in [-0.2, -0.15) is 0 Å². The van der Waals surface area contributed by atoms with Crippen LogP contribution in [0.5, 0.6) is 0 Å². The monoisotopic (exact) mass is 267 g/mol. The van der Waals surface area contributed by atoms with Crippen LogP contribution in [0.15, 0.2) is 0 Å². The van der Waals surface area contributed by atoms with E-state index in [9.17, 15) is 4.79 Å². The van der Waals surface area contributed by atoms with Crippen molar-refractivity contribution in [1.29, 1.82) is 0 Å². The van der Waals surface area contributed by atoms with Crippen LogP contribution in [-0.2, 0) is 4.79 Å². The van der Waals surface area contributed by atoms with Crippen LogP contribution in [0.2, 0.25) is 0 Å². The molecule has 0 saturated carbocycles. The summed E-state index contributed by atoms with van der Waals surface area (Å²) in [4.78, 5) is 17.2. The first-order chi connectivity index (χ1) is 8.92. The average molecular weight is 267 g/mol. The van der Waals surface area contributed by atoms with Gasteiger partial charge < -0.3 is 10.2 Å². The second-order valence-electron chi connectivity index (χ2n) is 6.94. The molecule has 0 aromatic rings. The van der Waals surface area contributed by atoms with Crippen molar-refractivity contribution in [2.24, 2.45) is 5.41 Å². The number of nitrogens with zero attached hydrogens (tertiary/aromatic N) is 2. The highest BCUT2D eigenvalue weighted by atomic mass is 16.2. The first-order valence-corrected chi connectivity index (χ1v) is 7.67. The molecule has 2 saturated heterocycles. The normalized spacial score (nSPS) is 29.0. The summed E-state index contributed by atoms with van der Waals surface area (Å²) >= 11 is 0. The lowest BCUT2D eigenvalue weighted by Crippen LogP contribution is -2.48. The van der Waals surface area contributed by atoms with E-state index in [1.807, 2.05) is 0 Å². The Morgan fingerprint density at radius 3 is 2.79 bits per heavy atom. The summed E-state index contributed by atoms with van der Waals surface area (Å²) in [6.07, 6.45) is 2.50. The van der Waals surface area contributed by atoms with Crippen molar-refractivity contribution in [2.75, 3.05) is 32.7 Å². The number of nitrogens with one attached hydrogen (secondary N) is 1. The SMILES string of the molecule is CC(C)N1CCCC1CN1CCNCC(C)(C)C1=O. The summed E-state index contributed by atoms with van der Waals surface area (Å²) in [6, 6.07) is 1.14. The van der Waals surface area contributed by atoms with E-state index >= 15 is 0 Å². The van der Waals surface area contributed by atoms with E-state index < -0.39 is 0 Å². The zero-order valence-corrected chi connectivity index (χ0v) is 12.9. The standard InChI is InChI=1S/C15H29N3O/c1-12(2)18-8-5-6-13(18)10-17-9-7-16-11-15(3,4)14(17)19/h12-13,16H,5-11H2,1-4H3. The Morgan fingerprint density at radius 2 is 2.11 bits per heavy atom. The fourth-order valence-electron chi connectivity index (χ4n) is 3.38. The Bertz CT molecular complexity index is 327. The van der Waals surface area contributed by atoms with E-state index in [4.69, 9.17) is 0 Å². The van der Waals surface area contributed by atoms with Gasteiger partial charge in [0, 0.05) is 38.3 Å². The maximum absolute atomic E-state index is 12.6. The summed E-state index contributed by atoms with van der Waals surface area (Å²) < 4.78 is 0. The zero-order chi connectivity index (χ0) is 14.0. The number of carbonyl (C=O) groups excluding carboxylic acids is 1. The molecule has 1 N–H and O–H groups in total. The van der Waals surface area contributed by atoms with Crippen LogP contribution in [-0.4, -0.2) is 60.5 Å². The Labute approximate surface area is 117 Å². The minimum atomic E-state index is -0.266. The van der Waals surface area contributed by atoms with Gasteiger partial charge in [0.25, 0.3) is 0 Å². The van der Waals surface area contributed by atoms with Gasteiger partial charge in [-0.3, -0.25) is 9.69 Å². The second-order valence-corrected chi connectivity index (χ2v) is 6.94. The molecule has 2 aliphatic rings. The van der Waals surface area contributed by atoms with Gasteiger partial charge in [0.2, 0.25) is 5.91 Å². The predicted octanol–water partition coefficient (Wildman–Crippen LogP) is 1.32. The molecule has 0 aliphatic carbocycles. The van der Waals surface area contributed by atoms with Crippen LogP contribution in [0.4, 0.5) is 0 Å². The van der Waals surface area contributed by atoms with Crippen LogP contribution in [0.25, 0.3) is 0 Å². The molecule has 110 valence electrons. The summed E-state index contributed by atoms with van der Waals surface area (Å²) in [7, 11) is 0. The van der Waals surface area contributed by atoms with Crippen LogP contribution in [0.1, 0.15) is 40.5 Å². The van der Waals surface area contributed by atoms with Crippen molar-refractivity contribution in [1.82, 2.24) is 15.1 Å². The molecule has 0 aromatic heterocycles. The fourth-order valence-corrected chi connectivity index (χ4v) is 3.38. The maximum atomic E-state index is 12.6. The van der Waals surface area contributed by atoms with E-state index in [1.54, 1.807) is 0 Å². The Morgan fingerprint density at radius 1 is 1.37 bits per heavy atom. The third-order valence-corrected chi connectivity index (χ3v) is 4.51. The fraction of sp³-hybridized carbons (Fsp3) is 0.933. The van der Waals surface area contributed by atoms with Gasteiger partial charge in [-0.1, -0.05) is 0 Å². The molecule has 2 fully saturated rings. The minimum Gasteiger partial charge on any atom is -0.339 e. The summed E-state index contributed by atoms with van der Waals surface area (Å²) in [6.45, 7) is 13.3. The number of carbonyl (C=O) groups is 1. The molecular weight excluding hydrogens is 238 g/mol. The molecule has 19 heavy (non-hydrogen) atoms. The van der Waals surface area contributed by atoms with Crippen molar-refractivity contribution in [3.8, 4) is 0 Å². The van der Waals surface area contributed by atoms with Crippen LogP contribution < -0.4 is 5.32 Å². The van der Waals surface area contributed by atoms with Gasteiger partial charge in [0.1, 0.15) is 0 Å². The second kappa shape index (κ2) is 5.80. The number of amides is 1. The maximum Gasteiger partial charge on any atom is 0.229 e. The molecule has 2 heterocycles. The Hall–Kier alpha value is -0.610. The quantitative estimate of drug-likeness (QED) is 0.837. The number of likely N-dealkylation sites (tertiary alicyclic amines) is 1. The topological polar surface area (TPSA) is 35.6 Å². The molecule has 4 heteroatoms. The van der Waals surface area contributed by atoms with Crippen LogP contribution >= 0.6 is 0 Å². The molecule has 1 unspecified atom stereocenters. The van der Waals surface area contributed by atoms with Crippen LogP contribution in [0.3, 0.4) is 0 Å². The smallest absolute Gasteiger partial charge is 0.229 e. The van der Waals surface area contributed by atoms with Crippen molar-refractivity contribution in [3.63, 3.8) is 0 Å². The van der Waals surface area contributed by atoms with Gasteiger partial charge in [-0.05, 0) is 47.1 Å². The first kappa shape index (κ1) is 14.8. The molecular formula is C15H29N3O. The summed E-state index contributed by atoms with van der Waals surface area (Å²) in [5, 5.41) is 3.38. The van der Waals surface area contributed by atoms with Gasteiger partial charge in [-0.25, -0.2) is 0 Å². The Balaban J connectivity index is 2.02. The van der Waals surface area contributed by atoms with E-state index in [1.165, 1.54) is 19.4 Å². The van der Waals surface area contributed by atoms with Crippen molar-refractivity contribution < 1.29 is 4.79 Å². The highest BCUT2D eigenvalue weighted by molar-refractivity contribution is 5.82. The third-order valence-electron chi connectivity index (χ3n) is 4.51. The van der Waals surface area contributed by atoms with Gasteiger partial charge in [0.15, 0.2) is 0 Å². The molecule has 0 aromatic carbocycles. The van der Waals surface area contributed by atoms with E-state index in [0.717, 1.165) is 26.2 Å². The van der Waals surface area contributed by atoms with Gasteiger partial charge >= 0.3 is 0 Å². The van der Waals surface area contributed by atoms with Crippen molar-refractivity contribution in [2.45, 2.75) is 52.6 Å². The first-order valence-electron chi connectivity index (χ1n) is 7.67. The number of hydrogen-bond donors (Lipinski definition) is 1. The molecule has 2 rings (SSSR count). The van der Waals surface area contributed by atoms with Crippen molar-refractivity contribution in [3.05, 3.63) is 0 Å². The lowest BCUT2D eigenvalue weighted by atomic mass is 9.92. The third kappa shape index (κ3) is 3.29. The number of hydrogen-bond acceptors (Lipinski definition) is 3. The molecule has 1 amide bonds. The van der Waals surface area contributed by atoms with Gasteiger partial charge in [-0.15, -0.1) is 0 Å². The van der Waals surface area contributed by atoms with Crippen LogP contribution in [0, 0.1) is 5.41 Å². The Kier molecular flexibility index (Phi) is 4.51. The molecule has 1 atom stereocenters. The van der Waals surface area contributed by atoms with E-state index in [-0.39, 0.29) is 5.41 Å². The summed E-state index contributed by atoms with van der Waals surface area (Å²) in [5.74, 6) is 0.313. The highest BCUT2D eigenvalue weighted by Crippen LogP contribution is 2.24. The van der Waals surface area contributed by atoms with E-state index in [0.29, 0.717) is 18.0 Å². The predicted molar refractivity (Wildman–Crippen MR) is 78.1 cm³/mol. The lowest BCUT2D eigenvalue weighted by molar-refractivity contribution is -0.139. The van der Waals surface area contributed by atoms with Crippen molar-refractivity contribution >= 4 is 5.91 Å².